The first kappa shape index (κ1) is 20.1. The summed E-state index contributed by atoms with van der Waals surface area (Å²) in [4.78, 5) is 50.8. The highest BCUT2D eigenvalue weighted by molar-refractivity contribution is 6.33. The van der Waals surface area contributed by atoms with Crippen LogP contribution < -0.4 is 16.0 Å². The quantitative estimate of drug-likeness (QED) is 0.591. The van der Waals surface area contributed by atoms with Gasteiger partial charge in [-0.25, -0.2) is 4.79 Å². The number of carbonyl (C=O) groups excluding carboxylic acids is 4. The van der Waals surface area contributed by atoms with Crippen LogP contribution in [-0.2, 0) is 14.4 Å². The van der Waals surface area contributed by atoms with Gasteiger partial charge in [0.05, 0.1) is 17.3 Å². The number of hydrogen-bond acceptors (Lipinski definition) is 5. The van der Waals surface area contributed by atoms with Gasteiger partial charge in [-0.1, -0.05) is 23.7 Å². The minimum Gasteiger partial charge on any atom is -0.340 e. The van der Waals surface area contributed by atoms with Crippen molar-refractivity contribution in [2.45, 2.75) is 18.9 Å². The molecule has 0 aromatic heterocycles. The van der Waals surface area contributed by atoms with Crippen LogP contribution in [0, 0.1) is 0 Å². The fourth-order valence-electron chi connectivity index (χ4n) is 3.20. The van der Waals surface area contributed by atoms with Crippen molar-refractivity contribution in [1.82, 2.24) is 20.4 Å². The summed E-state index contributed by atoms with van der Waals surface area (Å²) < 4.78 is 0. The smallest absolute Gasteiger partial charge is 0.322 e. The third-order valence-corrected chi connectivity index (χ3v) is 5.08. The van der Waals surface area contributed by atoms with Gasteiger partial charge in [-0.15, -0.1) is 0 Å². The maximum absolute atomic E-state index is 12.3. The molecule has 2 heterocycles. The summed E-state index contributed by atoms with van der Waals surface area (Å²) in [6.07, 6.45) is 0.461. The van der Waals surface area contributed by atoms with Crippen LogP contribution in [-0.4, -0.2) is 72.3 Å². The van der Waals surface area contributed by atoms with Crippen molar-refractivity contribution in [3.8, 4) is 0 Å². The van der Waals surface area contributed by atoms with Crippen LogP contribution in [0.2, 0.25) is 5.02 Å². The molecule has 1 unspecified atom stereocenters. The molecule has 0 saturated carbocycles. The van der Waals surface area contributed by atoms with Gasteiger partial charge >= 0.3 is 6.03 Å². The van der Waals surface area contributed by atoms with Crippen molar-refractivity contribution in [2.75, 3.05) is 38.0 Å². The molecule has 2 fully saturated rings. The van der Waals surface area contributed by atoms with E-state index in [9.17, 15) is 19.2 Å². The monoisotopic (exact) mass is 407 g/mol. The van der Waals surface area contributed by atoms with E-state index in [4.69, 9.17) is 11.6 Å². The van der Waals surface area contributed by atoms with Crippen molar-refractivity contribution in [2.24, 2.45) is 0 Å². The maximum Gasteiger partial charge on any atom is 0.322 e. The molecule has 2 saturated heterocycles. The lowest BCUT2D eigenvalue weighted by Crippen LogP contribution is -2.50. The average molecular weight is 408 g/mol. The third-order valence-electron chi connectivity index (χ3n) is 4.75. The van der Waals surface area contributed by atoms with Gasteiger partial charge in [0, 0.05) is 32.6 Å². The van der Waals surface area contributed by atoms with Crippen LogP contribution in [0.25, 0.3) is 0 Å². The van der Waals surface area contributed by atoms with Crippen molar-refractivity contribution < 1.29 is 19.2 Å². The zero-order valence-corrected chi connectivity index (χ0v) is 16.0. The molecular weight excluding hydrogens is 386 g/mol. The normalized spacial score (nSPS) is 19.9. The number of urea groups is 1. The van der Waals surface area contributed by atoms with E-state index in [1.54, 1.807) is 29.2 Å². The maximum atomic E-state index is 12.3. The van der Waals surface area contributed by atoms with E-state index in [1.807, 2.05) is 4.90 Å². The van der Waals surface area contributed by atoms with Crippen LogP contribution in [0.3, 0.4) is 0 Å². The number of piperazine rings is 1. The topological polar surface area (TPSA) is 111 Å². The third kappa shape index (κ3) is 5.20. The molecule has 3 rings (SSSR count). The number of anilines is 1. The first-order valence-corrected chi connectivity index (χ1v) is 9.46. The summed E-state index contributed by atoms with van der Waals surface area (Å²) >= 11 is 6.04. The molecule has 1 aromatic carbocycles. The Balaban J connectivity index is 1.38. The molecule has 150 valence electrons. The molecule has 10 heteroatoms. The van der Waals surface area contributed by atoms with E-state index in [0.29, 0.717) is 36.9 Å². The van der Waals surface area contributed by atoms with E-state index < -0.39 is 18.0 Å². The Morgan fingerprint density at radius 1 is 1.14 bits per heavy atom. The Morgan fingerprint density at radius 2 is 1.86 bits per heavy atom. The van der Waals surface area contributed by atoms with E-state index in [1.165, 1.54) is 0 Å². The lowest BCUT2D eigenvalue weighted by molar-refractivity contribution is -0.133. The molecular formula is C18H22ClN5O4. The fraction of sp³-hybridized carbons (Fsp3) is 0.444. The number of nitrogens with zero attached hydrogens (tertiary/aromatic N) is 2. The Morgan fingerprint density at radius 3 is 2.50 bits per heavy atom. The molecule has 0 aliphatic carbocycles. The van der Waals surface area contributed by atoms with E-state index >= 15 is 0 Å². The number of benzene rings is 1. The Labute approximate surface area is 167 Å². The van der Waals surface area contributed by atoms with Gasteiger partial charge in [0.15, 0.2) is 0 Å². The zero-order chi connectivity index (χ0) is 20.1. The number of imide groups is 1. The van der Waals surface area contributed by atoms with Crippen LogP contribution >= 0.6 is 11.6 Å². The minimum atomic E-state index is -0.647. The standard InChI is InChI=1S/C18H22ClN5O4/c19-12-3-1-2-4-13(12)20-15(25)11-23-7-9-24(10-8-23)16(26)6-5-14-17(27)22-18(28)21-14/h1-4,14H,5-11H2,(H,20,25)(H2,21,22,27,28). The van der Waals surface area contributed by atoms with Gasteiger partial charge in [-0.3, -0.25) is 24.6 Å². The second-order valence-corrected chi connectivity index (χ2v) is 7.15. The zero-order valence-electron chi connectivity index (χ0n) is 15.2. The molecule has 1 aromatic rings. The second-order valence-electron chi connectivity index (χ2n) is 6.74. The average Bonchev–Trinajstić information content (AvgIpc) is 2.99. The van der Waals surface area contributed by atoms with Crippen molar-refractivity contribution in [1.29, 1.82) is 0 Å². The highest BCUT2D eigenvalue weighted by atomic mass is 35.5. The van der Waals surface area contributed by atoms with Gasteiger partial charge in [0.25, 0.3) is 5.91 Å². The second kappa shape index (κ2) is 9.03. The molecule has 9 nitrogen and oxygen atoms in total. The van der Waals surface area contributed by atoms with Crippen LogP contribution in [0.15, 0.2) is 24.3 Å². The number of rotatable bonds is 6. The molecule has 2 aliphatic heterocycles. The molecule has 0 bridgehead atoms. The van der Waals surface area contributed by atoms with Gasteiger partial charge in [-0.05, 0) is 18.6 Å². The first-order valence-electron chi connectivity index (χ1n) is 9.08. The summed E-state index contributed by atoms with van der Waals surface area (Å²) in [7, 11) is 0. The first-order chi connectivity index (χ1) is 13.4. The molecule has 2 aliphatic rings. The molecule has 5 amide bonds. The van der Waals surface area contributed by atoms with E-state index in [2.05, 4.69) is 16.0 Å². The molecule has 0 radical (unpaired) electrons. The number of para-hydroxylation sites is 1. The number of amides is 5. The molecule has 0 spiro atoms. The van der Waals surface area contributed by atoms with E-state index in [-0.39, 0.29) is 31.2 Å². The summed E-state index contributed by atoms with van der Waals surface area (Å²) in [6.45, 7) is 2.43. The van der Waals surface area contributed by atoms with Crippen LogP contribution in [0.1, 0.15) is 12.8 Å². The Hall–Kier alpha value is -2.65. The predicted molar refractivity (Wildman–Crippen MR) is 103 cm³/mol. The summed E-state index contributed by atoms with van der Waals surface area (Å²) in [5.41, 5.74) is 0.575. The van der Waals surface area contributed by atoms with Crippen LogP contribution in [0.4, 0.5) is 10.5 Å². The fourth-order valence-corrected chi connectivity index (χ4v) is 3.38. The van der Waals surface area contributed by atoms with Gasteiger partial charge in [-0.2, -0.15) is 0 Å². The number of halogens is 1. The van der Waals surface area contributed by atoms with Crippen molar-refractivity contribution >= 4 is 41.0 Å². The van der Waals surface area contributed by atoms with Gasteiger partial charge in [0.2, 0.25) is 11.8 Å². The lowest BCUT2D eigenvalue weighted by atomic mass is 10.1. The largest absolute Gasteiger partial charge is 0.340 e. The molecule has 3 N–H and O–H groups in total. The predicted octanol–water partition coefficient (Wildman–Crippen LogP) is 0.411. The SMILES string of the molecule is O=C(CN1CCN(C(=O)CCC2NC(=O)NC2=O)CC1)Nc1ccccc1Cl. The van der Waals surface area contributed by atoms with Crippen LogP contribution in [0.5, 0.6) is 0 Å². The van der Waals surface area contributed by atoms with Gasteiger partial charge in [0.1, 0.15) is 6.04 Å². The Bertz CT molecular complexity index is 779. The Kier molecular flexibility index (Phi) is 6.48. The minimum absolute atomic E-state index is 0.0610. The summed E-state index contributed by atoms with van der Waals surface area (Å²) in [5, 5.41) is 7.90. The number of hydrogen-bond donors (Lipinski definition) is 3. The van der Waals surface area contributed by atoms with Crippen molar-refractivity contribution in [3.63, 3.8) is 0 Å². The van der Waals surface area contributed by atoms with E-state index in [0.717, 1.165) is 0 Å². The molecule has 28 heavy (non-hydrogen) atoms. The summed E-state index contributed by atoms with van der Waals surface area (Å²) in [5.74, 6) is -0.614. The summed E-state index contributed by atoms with van der Waals surface area (Å²) in [6, 6.07) is 5.87. The highest BCUT2D eigenvalue weighted by Crippen LogP contribution is 2.20. The van der Waals surface area contributed by atoms with Crippen molar-refractivity contribution in [3.05, 3.63) is 29.3 Å². The number of carbonyl (C=O) groups is 4. The van der Waals surface area contributed by atoms with Gasteiger partial charge < -0.3 is 15.5 Å². The highest BCUT2D eigenvalue weighted by Gasteiger charge is 2.30. The number of nitrogens with one attached hydrogen (secondary N) is 3. The lowest BCUT2D eigenvalue weighted by Gasteiger charge is -2.34. The molecule has 1 atom stereocenters.